The van der Waals surface area contributed by atoms with Crippen molar-refractivity contribution in [3.63, 3.8) is 0 Å². The Morgan fingerprint density at radius 2 is 0.867 bits per heavy atom. The number of rotatable bonds is 6. The van der Waals surface area contributed by atoms with Gasteiger partial charge in [-0.3, -0.25) is 0 Å². The second kappa shape index (κ2) is 11.1. The van der Waals surface area contributed by atoms with E-state index in [-0.39, 0.29) is 0 Å². The molecule has 2 heterocycles. The lowest BCUT2D eigenvalue weighted by Gasteiger charge is -2.17. The number of fused-ring (bicyclic) bond motifs is 3. The number of benzene rings is 5. The molecule has 222 valence electrons. The molecule has 0 aliphatic heterocycles. The molecule has 0 aliphatic rings. The zero-order valence-electron chi connectivity index (χ0n) is 26.8. The highest BCUT2D eigenvalue weighted by molar-refractivity contribution is 6.89. The SMILES string of the molecule is C[Si](C)(C)c1ccc2c(c1)c1cc([Si](C)(C)C)ccc1n2-c1ccccc1-c1nc(-c2ccccc2)nc(-c2ccccc2)n1. The van der Waals surface area contributed by atoms with Crippen molar-refractivity contribution in [3.05, 3.63) is 121 Å². The highest BCUT2D eigenvalue weighted by atomic mass is 28.3. The Bertz CT molecular complexity index is 2040. The van der Waals surface area contributed by atoms with Gasteiger partial charge in [0, 0.05) is 27.5 Å². The third-order valence-electron chi connectivity index (χ3n) is 8.58. The molecule has 0 fully saturated rings. The fraction of sp³-hybridized carbons (Fsp3) is 0.154. The van der Waals surface area contributed by atoms with E-state index in [0.29, 0.717) is 17.5 Å². The number of para-hydroxylation sites is 1. The quantitative estimate of drug-likeness (QED) is 0.175. The van der Waals surface area contributed by atoms with Gasteiger partial charge in [0.15, 0.2) is 17.5 Å². The van der Waals surface area contributed by atoms with Gasteiger partial charge in [-0.2, -0.15) is 0 Å². The monoisotopic (exact) mass is 618 g/mol. The van der Waals surface area contributed by atoms with Crippen molar-refractivity contribution in [2.75, 3.05) is 0 Å². The molecular weight excluding hydrogens is 581 g/mol. The van der Waals surface area contributed by atoms with Gasteiger partial charge >= 0.3 is 0 Å². The van der Waals surface area contributed by atoms with Crippen molar-refractivity contribution >= 4 is 48.3 Å². The van der Waals surface area contributed by atoms with Crippen LogP contribution in [0.15, 0.2) is 121 Å². The molecule has 0 bridgehead atoms. The van der Waals surface area contributed by atoms with Gasteiger partial charge < -0.3 is 4.57 Å². The molecule has 4 nitrogen and oxygen atoms in total. The summed E-state index contributed by atoms with van der Waals surface area (Å²) in [5.74, 6) is 1.98. The Labute approximate surface area is 267 Å². The predicted octanol–water partition coefficient (Wildman–Crippen LogP) is 9.06. The molecule has 7 rings (SSSR count). The summed E-state index contributed by atoms with van der Waals surface area (Å²) in [7, 11) is -3.05. The Balaban J connectivity index is 1.52. The second-order valence-corrected chi connectivity index (χ2v) is 24.0. The maximum absolute atomic E-state index is 5.10. The van der Waals surface area contributed by atoms with Crippen molar-refractivity contribution in [2.45, 2.75) is 39.3 Å². The van der Waals surface area contributed by atoms with Crippen molar-refractivity contribution in [3.8, 4) is 39.9 Å². The molecule has 0 saturated carbocycles. The van der Waals surface area contributed by atoms with Crippen LogP contribution in [0.2, 0.25) is 39.3 Å². The van der Waals surface area contributed by atoms with E-state index in [4.69, 9.17) is 15.0 Å². The van der Waals surface area contributed by atoms with E-state index < -0.39 is 16.1 Å². The van der Waals surface area contributed by atoms with Crippen molar-refractivity contribution < 1.29 is 0 Å². The molecule has 0 spiro atoms. The average Bonchev–Trinajstić information content (AvgIpc) is 3.37. The lowest BCUT2D eigenvalue weighted by molar-refractivity contribution is 1.06. The molecule has 0 saturated heterocycles. The Kier molecular flexibility index (Phi) is 7.14. The predicted molar refractivity (Wildman–Crippen MR) is 196 cm³/mol. The first-order valence-electron chi connectivity index (χ1n) is 15.6. The van der Waals surface area contributed by atoms with Gasteiger partial charge in [-0.15, -0.1) is 0 Å². The smallest absolute Gasteiger partial charge is 0.166 e. The minimum Gasteiger partial charge on any atom is -0.309 e. The summed E-state index contributed by atoms with van der Waals surface area (Å²) < 4.78 is 2.41. The van der Waals surface area contributed by atoms with E-state index in [0.717, 1.165) is 22.4 Å². The van der Waals surface area contributed by atoms with Crippen LogP contribution in [0.1, 0.15) is 0 Å². The number of hydrogen-bond donors (Lipinski definition) is 0. The molecule has 2 aromatic heterocycles. The van der Waals surface area contributed by atoms with Gasteiger partial charge in [-0.25, -0.2) is 15.0 Å². The Morgan fingerprint density at radius 1 is 0.444 bits per heavy atom. The molecular formula is C39H38N4Si2. The lowest BCUT2D eigenvalue weighted by Crippen LogP contribution is -2.37. The van der Waals surface area contributed by atoms with Crippen LogP contribution in [0.3, 0.4) is 0 Å². The van der Waals surface area contributed by atoms with Crippen molar-refractivity contribution in [1.82, 2.24) is 19.5 Å². The molecule has 6 heteroatoms. The van der Waals surface area contributed by atoms with Crippen LogP contribution in [-0.2, 0) is 0 Å². The van der Waals surface area contributed by atoms with Gasteiger partial charge in [0.25, 0.3) is 0 Å². The van der Waals surface area contributed by atoms with Crippen molar-refractivity contribution in [1.29, 1.82) is 0 Å². The summed E-state index contributed by atoms with van der Waals surface area (Å²) in [5, 5.41) is 5.56. The number of hydrogen-bond acceptors (Lipinski definition) is 3. The Morgan fingerprint density at radius 3 is 1.33 bits per heavy atom. The molecule has 0 atom stereocenters. The third kappa shape index (κ3) is 5.45. The summed E-state index contributed by atoms with van der Waals surface area (Å²) in [4.78, 5) is 15.1. The lowest BCUT2D eigenvalue weighted by atomic mass is 10.1. The maximum atomic E-state index is 5.10. The van der Waals surface area contributed by atoms with Gasteiger partial charge in [0.1, 0.15) is 0 Å². The summed E-state index contributed by atoms with van der Waals surface area (Å²) in [6, 6.07) is 43.1. The topological polar surface area (TPSA) is 43.6 Å². The fourth-order valence-corrected chi connectivity index (χ4v) is 8.32. The first-order chi connectivity index (χ1) is 21.6. The largest absolute Gasteiger partial charge is 0.309 e. The fourth-order valence-electron chi connectivity index (χ4n) is 6.00. The standard InChI is InChI=1S/C39H38N4Si2/c1-44(2,3)29-21-23-35-32(25-29)33-26-30(45(4,5)6)22-24-36(33)43(35)34-20-14-13-19-31(34)39-41-37(27-15-9-7-10-16-27)40-38(42-39)28-17-11-8-12-18-28/h7-26H,1-6H3. The summed E-state index contributed by atoms with van der Waals surface area (Å²) >= 11 is 0. The zero-order valence-corrected chi connectivity index (χ0v) is 28.8. The van der Waals surface area contributed by atoms with Crippen LogP contribution in [0.5, 0.6) is 0 Å². The van der Waals surface area contributed by atoms with E-state index >= 15 is 0 Å². The molecule has 0 unspecified atom stereocenters. The molecule has 0 amide bonds. The molecule has 7 aromatic rings. The van der Waals surface area contributed by atoms with Crippen LogP contribution in [0, 0.1) is 0 Å². The summed E-state index contributed by atoms with van der Waals surface area (Å²) in [6.07, 6.45) is 0. The number of aromatic nitrogens is 4. The van der Waals surface area contributed by atoms with E-state index in [1.54, 1.807) is 0 Å². The van der Waals surface area contributed by atoms with Crippen LogP contribution < -0.4 is 10.4 Å². The van der Waals surface area contributed by atoms with E-state index in [2.05, 4.69) is 129 Å². The van der Waals surface area contributed by atoms with Crippen molar-refractivity contribution in [2.24, 2.45) is 0 Å². The third-order valence-corrected chi connectivity index (χ3v) is 12.7. The number of nitrogens with zero attached hydrogens (tertiary/aromatic N) is 4. The van der Waals surface area contributed by atoms with Gasteiger partial charge in [0.2, 0.25) is 0 Å². The van der Waals surface area contributed by atoms with Crippen LogP contribution in [0.4, 0.5) is 0 Å². The first-order valence-corrected chi connectivity index (χ1v) is 22.6. The van der Waals surface area contributed by atoms with Gasteiger partial charge in [-0.1, -0.05) is 147 Å². The molecule has 45 heavy (non-hydrogen) atoms. The van der Waals surface area contributed by atoms with E-state index in [1.165, 1.54) is 32.2 Å². The second-order valence-electron chi connectivity index (χ2n) is 13.9. The van der Waals surface area contributed by atoms with Crippen LogP contribution in [-0.4, -0.2) is 35.7 Å². The molecule has 0 radical (unpaired) electrons. The maximum Gasteiger partial charge on any atom is 0.166 e. The minimum absolute atomic E-state index is 0.658. The van der Waals surface area contributed by atoms with Gasteiger partial charge in [-0.05, 0) is 24.3 Å². The molecule has 0 aliphatic carbocycles. The highest BCUT2D eigenvalue weighted by Crippen LogP contribution is 2.36. The van der Waals surface area contributed by atoms with E-state index in [1.807, 2.05) is 36.4 Å². The molecule has 0 N–H and O–H groups in total. The zero-order chi connectivity index (χ0) is 31.3. The van der Waals surface area contributed by atoms with E-state index in [9.17, 15) is 0 Å². The minimum atomic E-state index is -1.53. The average molecular weight is 619 g/mol. The summed E-state index contributed by atoms with van der Waals surface area (Å²) in [6.45, 7) is 14.5. The van der Waals surface area contributed by atoms with Crippen LogP contribution in [0.25, 0.3) is 61.7 Å². The first kappa shape index (κ1) is 29.1. The highest BCUT2D eigenvalue weighted by Gasteiger charge is 2.24. The van der Waals surface area contributed by atoms with Gasteiger partial charge in [0.05, 0.1) is 32.9 Å². The Hall–Kier alpha value is -4.66. The molecule has 5 aromatic carbocycles. The normalized spacial score (nSPS) is 12.2. The summed E-state index contributed by atoms with van der Waals surface area (Å²) in [5.41, 5.74) is 6.36. The van der Waals surface area contributed by atoms with Crippen LogP contribution >= 0.6 is 0 Å².